The van der Waals surface area contributed by atoms with Crippen LogP contribution >= 0.6 is 15.9 Å². The molecule has 6 heteroatoms. The first-order valence-corrected chi connectivity index (χ1v) is 10.1. The Morgan fingerprint density at radius 3 is 2.50 bits per heavy atom. The Hall–Kier alpha value is -2.73. The zero-order chi connectivity index (χ0) is 19.8. The Morgan fingerprint density at radius 1 is 1.18 bits per heavy atom. The van der Waals surface area contributed by atoms with Crippen LogP contribution in [0.2, 0.25) is 0 Å². The number of rotatable bonds is 4. The van der Waals surface area contributed by atoms with Crippen molar-refractivity contribution in [2.24, 2.45) is 0 Å². The predicted octanol–water partition coefficient (Wildman–Crippen LogP) is 4.81. The van der Waals surface area contributed by atoms with E-state index in [0.29, 0.717) is 11.4 Å². The van der Waals surface area contributed by atoms with Crippen LogP contribution in [-0.4, -0.2) is 21.5 Å². The molecule has 0 aliphatic carbocycles. The summed E-state index contributed by atoms with van der Waals surface area (Å²) in [6, 6.07) is 15.3. The second kappa shape index (κ2) is 7.36. The lowest BCUT2D eigenvalue weighted by molar-refractivity contribution is -0.116. The van der Waals surface area contributed by atoms with Gasteiger partial charge in [-0.05, 0) is 43.2 Å². The van der Waals surface area contributed by atoms with Gasteiger partial charge >= 0.3 is 0 Å². The van der Waals surface area contributed by atoms with E-state index < -0.39 is 5.92 Å². The third kappa shape index (κ3) is 3.29. The van der Waals surface area contributed by atoms with Crippen molar-refractivity contribution in [3.05, 3.63) is 75.4 Å². The van der Waals surface area contributed by atoms with E-state index in [-0.39, 0.29) is 18.1 Å². The lowest BCUT2D eigenvalue weighted by Gasteiger charge is -2.23. The Balaban J connectivity index is 1.77. The second-order valence-corrected chi connectivity index (χ2v) is 7.87. The van der Waals surface area contributed by atoms with Gasteiger partial charge in [0.2, 0.25) is 5.91 Å². The number of halogens is 1. The van der Waals surface area contributed by atoms with E-state index in [2.05, 4.69) is 33.3 Å². The molecule has 4 rings (SSSR count). The number of nitrogens with one attached hydrogen (secondary N) is 1. The van der Waals surface area contributed by atoms with Gasteiger partial charge in [-0.3, -0.25) is 9.59 Å². The summed E-state index contributed by atoms with van der Waals surface area (Å²) in [7, 11) is 0. The fourth-order valence-electron chi connectivity index (χ4n) is 3.65. The number of amides is 1. The van der Waals surface area contributed by atoms with Crippen molar-refractivity contribution in [2.75, 3.05) is 5.32 Å². The normalized spacial score (nSPS) is 15.8. The Morgan fingerprint density at radius 2 is 1.86 bits per heavy atom. The second-order valence-electron chi connectivity index (χ2n) is 6.96. The molecule has 0 radical (unpaired) electrons. The molecule has 1 amide bonds. The first-order chi connectivity index (χ1) is 13.5. The highest BCUT2D eigenvalue weighted by molar-refractivity contribution is 9.10. The summed E-state index contributed by atoms with van der Waals surface area (Å²) in [5, 5.41) is 7.53. The molecule has 0 saturated carbocycles. The van der Waals surface area contributed by atoms with E-state index in [0.717, 1.165) is 27.8 Å². The third-order valence-corrected chi connectivity index (χ3v) is 5.67. The lowest BCUT2D eigenvalue weighted by atomic mass is 9.85. The lowest BCUT2D eigenvalue weighted by Crippen LogP contribution is -2.28. The van der Waals surface area contributed by atoms with Crippen molar-refractivity contribution in [3.63, 3.8) is 0 Å². The summed E-state index contributed by atoms with van der Waals surface area (Å²) in [5.41, 5.74) is 4.18. The van der Waals surface area contributed by atoms with Gasteiger partial charge in [0, 0.05) is 22.0 Å². The average Bonchev–Trinajstić information content (AvgIpc) is 3.03. The number of aryl methyl sites for hydroxylation is 2. The molecule has 2 aromatic carbocycles. The maximum Gasteiger partial charge on any atom is 0.226 e. The molecule has 2 heterocycles. The number of benzene rings is 2. The van der Waals surface area contributed by atoms with E-state index in [1.807, 2.05) is 55.5 Å². The quantitative estimate of drug-likeness (QED) is 0.595. The van der Waals surface area contributed by atoms with Crippen molar-refractivity contribution in [1.82, 2.24) is 9.78 Å². The van der Waals surface area contributed by atoms with Crippen LogP contribution in [0.3, 0.4) is 0 Å². The molecular weight excluding hydrogens is 418 g/mol. The fraction of sp³-hybridized carbons (Fsp3) is 0.227. The van der Waals surface area contributed by atoms with Gasteiger partial charge in [0.25, 0.3) is 0 Å². The first kappa shape index (κ1) is 18.6. The molecule has 28 heavy (non-hydrogen) atoms. The summed E-state index contributed by atoms with van der Waals surface area (Å²) in [6.45, 7) is 3.96. The third-order valence-electron chi connectivity index (χ3n) is 5.14. The molecule has 0 unspecified atom stereocenters. The number of hydrogen-bond donors (Lipinski definition) is 1. The van der Waals surface area contributed by atoms with Crippen LogP contribution in [-0.2, 0) is 11.2 Å². The Bertz CT molecular complexity index is 1050. The number of carbonyl (C=O) groups excluding carboxylic acids is 2. The first-order valence-electron chi connectivity index (χ1n) is 9.26. The number of aromatic nitrogens is 2. The van der Waals surface area contributed by atoms with Crippen LogP contribution in [0.5, 0.6) is 0 Å². The molecule has 0 bridgehead atoms. The van der Waals surface area contributed by atoms with Crippen LogP contribution in [0.4, 0.5) is 5.82 Å². The van der Waals surface area contributed by atoms with Crippen molar-refractivity contribution >= 4 is 33.4 Å². The molecule has 5 nitrogen and oxygen atoms in total. The molecule has 0 spiro atoms. The summed E-state index contributed by atoms with van der Waals surface area (Å²) in [4.78, 5) is 25.6. The minimum Gasteiger partial charge on any atom is -0.310 e. The Labute approximate surface area is 171 Å². The number of nitrogens with zero attached hydrogens (tertiary/aromatic N) is 2. The monoisotopic (exact) mass is 437 g/mol. The zero-order valence-corrected chi connectivity index (χ0v) is 17.3. The topological polar surface area (TPSA) is 64.0 Å². The van der Waals surface area contributed by atoms with Crippen LogP contribution in [0, 0.1) is 6.92 Å². The predicted molar refractivity (Wildman–Crippen MR) is 112 cm³/mol. The fourth-order valence-corrected chi connectivity index (χ4v) is 3.91. The van der Waals surface area contributed by atoms with Gasteiger partial charge in [-0.15, -0.1) is 0 Å². The average molecular weight is 438 g/mol. The van der Waals surface area contributed by atoms with E-state index in [9.17, 15) is 9.59 Å². The molecule has 0 fully saturated rings. The van der Waals surface area contributed by atoms with E-state index >= 15 is 0 Å². The molecule has 1 aliphatic rings. The molecule has 1 aliphatic heterocycles. The smallest absolute Gasteiger partial charge is 0.226 e. The molecule has 1 N–H and O–H groups in total. The minimum absolute atomic E-state index is 0.0443. The SMILES string of the molecule is CCc1ccc(C(=O)[C@@H]2CC(=O)Nc3c2c(C)nn3-c2ccc(Br)cc2)cc1. The number of Topliss-reactive ketones (excluding diaryl/α,β-unsaturated/α-hetero) is 1. The van der Waals surface area contributed by atoms with Crippen molar-refractivity contribution < 1.29 is 9.59 Å². The number of anilines is 1. The Kier molecular flexibility index (Phi) is 4.89. The standard InChI is InChI=1S/C22H20BrN3O2/c1-3-14-4-6-15(7-5-14)21(28)18-12-19(27)24-22-20(18)13(2)25-26(22)17-10-8-16(23)9-11-17/h4-11,18H,3,12H2,1-2H3,(H,24,27)/t18-/m1/s1. The maximum atomic E-state index is 13.2. The number of ketones is 1. The van der Waals surface area contributed by atoms with Gasteiger partial charge in [0.1, 0.15) is 5.82 Å². The van der Waals surface area contributed by atoms with Gasteiger partial charge in [0.15, 0.2) is 5.78 Å². The molecular formula is C22H20BrN3O2. The van der Waals surface area contributed by atoms with Crippen molar-refractivity contribution in [2.45, 2.75) is 32.6 Å². The van der Waals surface area contributed by atoms with E-state index in [1.54, 1.807) is 4.68 Å². The summed E-state index contributed by atoms with van der Waals surface area (Å²) in [6.07, 6.45) is 1.05. The molecule has 1 atom stereocenters. The minimum atomic E-state index is -0.527. The van der Waals surface area contributed by atoms with Crippen molar-refractivity contribution in [1.29, 1.82) is 0 Å². The molecule has 0 saturated heterocycles. The zero-order valence-electron chi connectivity index (χ0n) is 15.7. The van der Waals surface area contributed by atoms with Gasteiger partial charge in [-0.2, -0.15) is 5.10 Å². The number of hydrogen-bond acceptors (Lipinski definition) is 3. The van der Waals surface area contributed by atoms with Crippen LogP contribution < -0.4 is 5.32 Å². The van der Waals surface area contributed by atoms with Crippen LogP contribution in [0.25, 0.3) is 5.69 Å². The van der Waals surface area contributed by atoms with Gasteiger partial charge in [0.05, 0.1) is 17.3 Å². The van der Waals surface area contributed by atoms with Gasteiger partial charge < -0.3 is 5.32 Å². The van der Waals surface area contributed by atoms with Gasteiger partial charge in [-0.25, -0.2) is 4.68 Å². The van der Waals surface area contributed by atoms with Crippen molar-refractivity contribution in [3.8, 4) is 5.69 Å². The molecule has 142 valence electrons. The summed E-state index contributed by atoms with van der Waals surface area (Å²) in [5.74, 6) is -0.161. The van der Waals surface area contributed by atoms with E-state index in [1.165, 1.54) is 5.56 Å². The summed E-state index contributed by atoms with van der Waals surface area (Å²) < 4.78 is 2.66. The highest BCUT2D eigenvalue weighted by atomic mass is 79.9. The highest BCUT2D eigenvalue weighted by Crippen LogP contribution is 2.38. The van der Waals surface area contributed by atoms with Crippen LogP contribution in [0.15, 0.2) is 53.0 Å². The highest BCUT2D eigenvalue weighted by Gasteiger charge is 2.36. The molecule has 1 aromatic heterocycles. The van der Waals surface area contributed by atoms with Crippen LogP contribution in [0.1, 0.15) is 46.4 Å². The van der Waals surface area contributed by atoms with E-state index in [4.69, 9.17) is 0 Å². The van der Waals surface area contributed by atoms with Gasteiger partial charge in [-0.1, -0.05) is 47.1 Å². The summed E-state index contributed by atoms with van der Waals surface area (Å²) >= 11 is 3.43. The number of carbonyl (C=O) groups is 2. The largest absolute Gasteiger partial charge is 0.310 e. The molecule has 3 aromatic rings. The number of fused-ring (bicyclic) bond motifs is 1. The maximum absolute atomic E-state index is 13.2.